The van der Waals surface area contributed by atoms with Crippen molar-refractivity contribution >= 4 is 30.5 Å². The minimum atomic E-state index is -0.437. The third-order valence-electron chi connectivity index (χ3n) is 4.45. The highest BCUT2D eigenvalue weighted by Gasteiger charge is 2.39. The van der Waals surface area contributed by atoms with Gasteiger partial charge in [-0.1, -0.05) is 0 Å². The summed E-state index contributed by atoms with van der Waals surface area (Å²) in [4.78, 5) is 13.0. The molecule has 3 rings (SSSR count). The predicted molar refractivity (Wildman–Crippen MR) is 95.7 cm³/mol. The second-order valence-electron chi connectivity index (χ2n) is 5.91. The number of benzene rings is 1. The number of ether oxygens (including phenoxy) is 1. The van der Waals surface area contributed by atoms with E-state index in [1.165, 1.54) is 19.2 Å². The van der Waals surface area contributed by atoms with Gasteiger partial charge in [0.15, 0.2) is 11.5 Å². The molecular weight excluding hydrogens is 357 g/mol. The molecule has 0 amide bonds. The highest BCUT2D eigenvalue weighted by Crippen LogP contribution is 2.49. The van der Waals surface area contributed by atoms with E-state index in [4.69, 9.17) is 4.74 Å². The number of phenols is 1. The second-order valence-corrected chi connectivity index (χ2v) is 5.91. The van der Waals surface area contributed by atoms with Crippen LogP contribution in [0.2, 0.25) is 0 Å². The average Bonchev–Trinajstić information content (AvgIpc) is 3.35. The van der Waals surface area contributed by atoms with E-state index >= 15 is 0 Å². The molecule has 1 aliphatic heterocycles. The van der Waals surface area contributed by atoms with Crippen molar-refractivity contribution in [3.63, 3.8) is 0 Å². The fourth-order valence-corrected chi connectivity index (χ4v) is 3.22. The molecule has 2 fully saturated rings. The van der Waals surface area contributed by atoms with Crippen LogP contribution in [0.5, 0.6) is 11.5 Å². The van der Waals surface area contributed by atoms with Crippen molar-refractivity contribution in [1.82, 2.24) is 10.2 Å². The second kappa shape index (κ2) is 8.71. The molecule has 0 spiro atoms. The van der Waals surface area contributed by atoms with Gasteiger partial charge in [0.1, 0.15) is 0 Å². The highest BCUT2D eigenvalue weighted by atomic mass is 35.5. The number of hydrogen-bond donors (Lipinski definition) is 2. The van der Waals surface area contributed by atoms with Crippen molar-refractivity contribution in [2.45, 2.75) is 18.9 Å². The lowest BCUT2D eigenvalue weighted by Gasteiger charge is -2.35. The molecule has 1 saturated carbocycles. The maximum Gasteiger partial charge on any atom is 0.273 e. The molecule has 1 aliphatic carbocycles. The first kappa shape index (κ1) is 20.8. The molecule has 1 saturated heterocycles. The van der Waals surface area contributed by atoms with Crippen molar-refractivity contribution < 1.29 is 14.8 Å². The van der Waals surface area contributed by atoms with Crippen LogP contribution in [0.3, 0.4) is 0 Å². The number of halogens is 2. The number of non-ortho nitro benzene ring substituents is 1. The Labute approximate surface area is 153 Å². The lowest BCUT2D eigenvalue weighted by atomic mass is 9.97. The molecule has 2 N–H and O–H groups in total. The van der Waals surface area contributed by atoms with Crippen LogP contribution in [-0.4, -0.2) is 48.2 Å². The Bertz CT molecular complexity index is 578. The minimum Gasteiger partial charge on any atom is -0.504 e. The van der Waals surface area contributed by atoms with E-state index in [1.54, 1.807) is 0 Å². The summed E-state index contributed by atoms with van der Waals surface area (Å²) in [5, 5.41) is 25.0. The first-order chi connectivity index (χ1) is 10.6. The molecule has 0 aromatic heterocycles. The van der Waals surface area contributed by atoms with Gasteiger partial charge in [-0.05, 0) is 18.8 Å². The van der Waals surface area contributed by atoms with E-state index in [0.717, 1.165) is 39.0 Å². The van der Waals surface area contributed by atoms with Gasteiger partial charge in [-0.25, -0.2) is 0 Å². The number of piperazine rings is 1. The molecule has 136 valence electrons. The van der Waals surface area contributed by atoms with Gasteiger partial charge in [0.25, 0.3) is 5.69 Å². The van der Waals surface area contributed by atoms with Crippen molar-refractivity contribution in [3.05, 3.63) is 27.8 Å². The highest BCUT2D eigenvalue weighted by molar-refractivity contribution is 5.85. The third-order valence-corrected chi connectivity index (χ3v) is 4.45. The van der Waals surface area contributed by atoms with Crippen molar-refractivity contribution in [2.24, 2.45) is 5.92 Å². The van der Waals surface area contributed by atoms with E-state index in [2.05, 4.69) is 10.2 Å². The Balaban J connectivity index is 0.00000144. The summed E-state index contributed by atoms with van der Waals surface area (Å²) in [5.74, 6) is 0.657. The normalized spacial score (nSPS) is 18.9. The van der Waals surface area contributed by atoms with Crippen LogP contribution >= 0.6 is 24.8 Å². The number of methoxy groups -OCH3 is 1. The third kappa shape index (κ3) is 4.22. The molecule has 0 unspecified atom stereocenters. The summed E-state index contributed by atoms with van der Waals surface area (Å²) in [7, 11) is 1.42. The van der Waals surface area contributed by atoms with Crippen LogP contribution in [0.1, 0.15) is 24.4 Å². The number of phenolic OH excluding ortho intramolecular Hbond substituents is 1. The summed E-state index contributed by atoms with van der Waals surface area (Å²) in [6.45, 7) is 3.56. The summed E-state index contributed by atoms with van der Waals surface area (Å²) in [6, 6.07) is 2.81. The van der Waals surface area contributed by atoms with Gasteiger partial charge in [-0.2, -0.15) is 0 Å². The molecule has 1 heterocycles. The summed E-state index contributed by atoms with van der Waals surface area (Å²) in [6.07, 6.45) is 2.19. The molecule has 7 nitrogen and oxygen atoms in total. The zero-order valence-corrected chi connectivity index (χ0v) is 15.1. The topological polar surface area (TPSA) is 87.9 Å². The SMILES string of the molecule is COc1cc([N+](=O)[O-])cc([C@H](C2CC2)N2CCNCC2)c1O.Cl.Cl. The molecule has 1 atom stereocenters. The molecule has 24 heavy (non-hydrogen) atoms. The Hall–Kier alpha value is -1.28. The number of nitrogens with zero attached hydrogens (tertiary/aromatic N) is 2. The maximum absolute atomic E-state index is 11.2. The van der Waals surface area contributed by atoms with Gasteiger partial charge in [-0.15, -0.1) is 24.8 Å². The van der Waals surface area contributed by atoms with Crippen molar-refractivity contribution in [3.8, 4) is 11.5 Å². The van der Waals surface area contributed by atoms with Crippen molar-refractivity contribution in [2.75, 3.05) is 33.3 Å². The summed E-state index contributed by atoms with van der Waals surface area (Å²) >= 11 is 0. The zero-order chi connectivity index (χ0) is 15.7. The number of nitrogens with one attached hydrogen (secondary N) is 1. The smallest absolute Gasteiger partial charge is 0.273 e. The van der Waals surface area contributed by atoms with Crippen LogP contribution < -0.4 is 10.1 Å². The van der Waals surface area contributed by atoms with E-state index < -0.39 is 4.92 Å². The van der Waals surface area contributed by atoms with Gasteiger partial charge in [0, 0.05) is 43.9 Å². The molecule has 9 heteroatoms. The number of aromatic hydroxyl groups is 1. The first-order valence-corrected chi connectivity index (χ1v) is 7.62. The average molecular weight is 380 g/mol. The van der Waals surface area contributed by atoms with Crippen LogP contribution in [0, 0.1) is 16.0 Å². The maximum atomic E-state index is 11.2. The number of nitro groups is 1. The van der Waals surface area contributed by atoms with Gasteiger partial charge in [-0.3, -0.25) is 15.0 Å². The largest absolute Gasteiger partial charge is 0.504 e. The summed E-state index contributed by atoms with van der Waals surface area (Å²) in [5.41, 5.74) is 0.584. The van der Waals surface area contributed by atoms with Crippen LogP contribution in [0.4, 0.5) is 5.69 Å². The first-order valence-electron chi connectivity index (χ1n) is 7.62. The monoisotopic (exact) mass is 379 g/mol. The molecular formula is C15H23Cl2N3O4. The lowest BCUT2D eigenvalue weighted by molar-refractivity contribution is -0.385. The summed E-state index contributed by atoms with van der Waals surface area (Å²) < 4.78 is 5.13. The number of hydrogen-bond acceptors (Lipinski definition) is 6. The Morgan fingerprint density at radius 2 is 1.96 bits per heavy atom. The Kier molecular flexibility index (Phi) is 7.54. The molecule has 0 radical (unpaired) electrons. The molecule has 1 aromatic rings. The predicted octanol–water partition coefficient (Wildman–Crippen LogP) is 2.51. The number of rotatable bonds is 5. The fourth-order valence-electron chi connectivity index (χ4n) is 3.22. The lowest BCUT2D eigenvalue weighted by Crippen LogP contribution is -2.45. The standard InChI is InChI=1S/C15H21N3O4.2ClH/c1-22-13-9-11(18(20)21)8-12(15(13)19)14(10-2-3-10)17-6-4-16-5-7-17;;/h8-10,14,16,19H,2-7H2,1H3;2*1H/t14-;;/m0../s1. The van der Waals surface area contributed by atoms with Gasteiger partial charge < -0.3 is 15.2 Å². The van der Waals surface area contributed by atoms with Gasteiger partial charge in [0.05, 0.1) is 18.1 Å². The van der Waals surface area contributed by atoms with Gasteiger partial charge >= 0.3 is 0 Å². The minimum absolute atomic E-state index is 0. The van der Waals surface area contributed by atoms with Crippen LogP contribution in [0.25, 0.3) is 0 Å². The number of nitro benzene ring substituents is 1. The van der Waals surface area contributed by atoms with Crippen LogP contribution in [-0.2, 0) is 0 Å². The van der Waals surface area contributed by atoms with Crippen LogP contribution in [0.15, 0.2) is 12.1 Å². The van der Waals surface area contributed by atoms with E-state index in [1.807, 2.05) is 0 Å². The zero-order valence-electron chi connectivity index (χ0n) is 13.4. The van der Waals surface area contributed by atoms with Crippen molar-refractivity contribution in [1.29, 1.82) is 0 Å². The molecule has 2 aliphatic rings. The Morgan fingerprint density at radius 1 is 1.33 bits per heavy atom. The van der Waals surface area contributed by atoms with E-state index in [0.29, 0.717) is 11.5 Å². The van der Waals surface area contributed by atoms with Gasteiger partial charge in [0.2, 0.25) is 0 Å². The van der Waals surface area contributed by atoms with E-state index in [-0.39, 0.29) is 48.0 Å². The Morgan fingerprint density at radius 3 is 2.46 bits per heavy atom. The molecule has 0 bridgehead atoms. The van der Waals surface area contributed by atoms with E-state index in [9.17, 15) is 15.2 Å². The quantitative estimate of drug-likeness (QED) is 0.603. The molecule has 1 aromatic carbocycles. The fraction of sp³-hybridized carbons (Fsp3) is 0.600.